The van der Waals surface area contributed by atoms with Crippen LogP contribution in [0.3, 0.4) is 0 Å². The van der Waals surface area contributed by atoms with E-state index in [1.165, 1.54) is 12.1 Å². The molecule has 0 N–H and O–H groups in total. The lowest BCUT2D eigenvalue weighted by molar-refractivity contribution is -0.137. The number of para-hydroxylation sites is 2. The van der Waals surface area contributed by atoms with Crippen molar-refractivity contribution < 1.29 is 13.2 Å². The van der Waals surface area contributed by atoms with Gasteiger partial charge < -0.3 is 9.13 Å². The summed E-state index contributed by atoms with van der Waals surface area (Å²) in [7, 11) is 0. The van der Waals surface area contributed by atoms with Crippen molar-refractivity contribution in [2.45, 2.75) is 6.18 Å². The van der Waals surface area contributed by atoms with Gasteiger partial charge in [0.1, 0.15) is 11.6 Å². The molecule has 0 bridgehead atoms. The molecule has 0 aliphatic heterocycles. The van der Waals surface area contributed by atoms with Crippen LogP contribution in [-0.2, 0) is 6.18 Å². The molecule has 4 aromatic heterocycles. The summed E-state index contributed by atoms with van der Waals surface area (Å²) in [5.74, 6) is 0. The van der Waals surface area contributed by atoms with Crippen LogP contribution in [0.1, 0.15) is 11.1 Å². The van der Waals surface area contributed by atoms with E-state index < -0.39 is 11.7 Å². The van der Waals surface area contributed by atoms with E-state index in [0.29, 0.717) is 22.5 Å². The maximum Gasteiger partial charge on any atom is 0.417 e. The Morgan fingerprint density at radius 3 is 1.25 bits per heavy atom. The second kappa shape index (κ2) is 16.1. The fourth-order valence-corrected chi connectivity index (χ4v) is 9.73. The highest BCUT2D eigenvalue weighted by Gasteiger charge is 2.34. The van der Waals surface area contributed by atoms with Gasteiger partial charge in [-0.25, -0.2) is 9.97 Å². The van der Waals surface area contributed by atoms with E-state index in [2.05, 4.69) is 18.2 Å². The number of halogens is 3. The Morgan fingerprint density at radius 1 is 0.368 bits per heavy atom. The van der Waals surface area contributed by atoms with E-state index in [0.717, 1.165) is 94.7 Å². The van der Waals surface area contributed by atoms with Gasteiger partial charge in [-0.1, -0.05) is 140 Å². The molecule has 322 valence electrons. The van der Waals surface area contributed by atoms with Crippen molar-refractivity contribution in [3.63, 3.8) is 0 Å². The molecule has 8 aromatic carbocycles. The Bertz CT molecular complexity index is 3750. The van der Waals surface area contributed by atoms with E-state index in [1.54, 1.807) is 18.2 Å². The molecule has 0 amide bonds. The minimum Gasteiger partial charge on any atom is -0.308 e. The lowest BCUT2D eigenvalue weighted by Crippen LogP contribution is -2.09. The van der Waals surface area contributed by atoms with Crippen LogP contribution >= 0.6 is 0 Å². The Morgan fingerprint density at radius 2 is 0.779 bits per heavy atom. The number of alkyl halides is 3. The second-order valence-corrected chi connectivity index (χ2v) is 16.8. The molecule has 0 radical (unpaired) electrons. The van der Waals surface area contributed by atoms with Gasteiger partial charge in [-0.2, -0.15) is 18.4 Å². The predicted octanol–water partition coefficient (Wildman–Crippen LogP) is 15.9. The Kier molecular flexibility index (Phi) is 9.59. The van der Waals surface area contributed by atoms with Crippen molar-refractivity contribution in [3.8, 4) is 73.6 Å². The fourth-order valence-electron chi connectivity index (χ4n) is 9.73. The van der Waals surface area contributed by atoms with Gasteiger partial charge in [0.25, 0.3) is 0 Å². The normalized spacial score (nSPS) is 11.7. The first-order valence-corrected chi connectivity index (χ1v) is 22.2. The van der Waals surface area contributed by atoms with Crippen molar-refractivity contribution in [2.24, 2.45) is 0 Å². The predicted molar refractivity (Wildman–Crippen MR) is 268 cm³/mol. The number of hydrogen-bond acceptors (Lipinski definition) is 3. The lowest BCUT2D eigenvalue weighted by Gasteiger charge is -2.20. The molecule has 12 aromatic rings. The Balaban J connectivity index is 1.11. The van der Waals surface area contributed by atoms with E-state index in [-0.39, 0.29) is 5.56 Å². The quantitative estimate of drug-likeness (QED) is 0.160. The zero-order valence-corrected chi connectivity index (χ0v) is 36.2. The highest BCUT2D eigenvalue weighted by atomic mass is 19.4. The van der Waals surface area contributed by atoms with Crippen molar-refractivity contribution >= 4 is 43.6 Å². The van der Waals surface area contributed by atoms with Crippen LogP contribution in [0.5, 0.6) is 0 Å². The maximum atomic E-state index is 15.0. The molecule has 0 saturated carbocycles. The van der Waals surface area contributed by atoms with Crippen LogP contribution in [0, 0.1) is 11.3 Å². The maximum absolute atomic E-state index is 15.0. The summed E-state index contributed by atoms with van der Waals surface area (Å²) in [4.78, 5) is 10.1. The Hall–Kier alpha value is -9.06. The first-order chi connectivity index (χ1) is 33.3. The number of rotatable bonds is 7. The minimum absolute atomic E-state index is 0.00633. The number of pyridine rings is 2. The molecule has 0 aliphatic carbocycles. The molecular weight excluding hydrogens is 848 g/mol. The van der Waals surface area contributed by atoms with Crippen molar-refractivity contribution in [1.29, 1.82) is 5.26 Å². The summed E-state index contributed by atoms with van der Waals surface area (Å²) >= 11 is 0. The van der Waals surface area contributed by atoms with Gasteiger partial charge in [0.2, 0.25) is 0 Å². The SMILES string of the molecule is N#Cc1c(-n2c3ccccc3c3cc(-c4cccc(-c5ccccc5)n4)ccc32)cc(-c2ccccc2C(F)(F)F)cc1-n1c2ccccc2c2cc(-c3cccc(-c4ccccc4)n3)ccc21. The molecular formula is C60H36F3N5. The van der Waals surface area contributed by atoms with Gasteiger partial charge in [0.15, 0.2) is 0 Å². The molecule has 0 atom stereocenters. The van der Waals surface area contributed by atoms with Crippen LogP contribution in [0.4, 0.5) is 13.2 Å². The lowest BCUT2D eigenvalue weighted by atomic mass is 9.96. The fraction of sp³-hybridized carbons (Fsp3) is 0.0167. The standard InChI is InChI=1S/C60H36F3N5/c61-60(62,63)49-22-10-7-19-43(49)42-35-58(67-54-27-11-8-20-44(54)46-33-40(29-31-56(46)67)52-25-13-23-50(65-52)38-15-3-1-4-16-38)48(37-64)59(36-42)68-55-28-12-9-21-45(55)47-34-41(30-32-57(47)68)53-26-14-24-51(66-53)39-17-5-2-6-18-39/h1-36H. The highest BCUT2D eigenvalue weighted by molar-refractivity contribution is 6.12. The minimum atomic E-state index is -4.64. The van der Waals surface area contributed by atoms with Gasteiger partial charge >= 0.3 is 6.18 Å². The third kappa shape index (κ3) is 6.79. The number of fused-ring (bicyclic) bond motifs is 6. The molecule has 4 heterocycles. The summed E-state index contributed by atoms with van der Waals surface area (Å²) in [6.07, 6.45) is -4.64. The van der Waals surface area contributed by atoms with E-state index in [4.69, 9.17) is 9.97 Å². The van der Waals surface area contributed by atoms with Gasteiger partial charge in [-0.05, 0) is 90.0 Å². The van der Waals surface area contributed by atoms with Gasteiger partial charge in [0.05, 0.1) is 61.8 Å². The molecule has 0 unspecified atom stereocenters. The van der Waals surface area contributed by atoms with Crippen LogP contribution in [0.15, 0.2) is 218 Å². The van der Waals surface area contributed by atoms with Crippen LogP contribution in [-0.4, -0.2) is 19.1 Å². The Labute approximate surface area is 388 Å². The average Bonchev–Trinajstić information content (AvgIpc) is 3.90. The van der Waals surface area contributed by atoms with Crippen molar-refractivity contribution in [3.05, 3.63) is 230 Å². The van der Waals surface area contributed by atoms with Crippen LogP contribution in [0.2, 0.25) is 0 Å². The number of benzene rings is 8. The van der Waals surface area contributed by atoms with Gasteiger partial charge in [-0.3, -0.25) is 0 Å². The monoisotopic (exact) mass is 883 g/mol. The molecule has 68 heavy (non-hydrogen) atoms. The van der Waals surface area contributed by atoms with Gasteiger partial charge in [-0.15, -0.1) is 0 Å². The average molecular weight is 884 g/mol. The topological polar surface area (TPSA) is 59.4 Å². The number of hydrogen-bond donors (Lipinski definition) is 0. The highest BCUT2D eigenvalue weighted by Crippen LogP contribution is 2.44. The summed E-state index contributed by atoms with van der Waals surface area (Å²) in [6.45, 7) is 0. The third-order valence-electron chi connectivity index (χ3n) is 12.8. The first-order valence-electron chi connectivity index (χ1n) is 22.2. The smallest absolute Gasteiger partial charge is 0.308 e. The molecule has 0 aliphatic rings. The number of nitriles is 1. The van der Waals surface area contributed by atoms with Crippen molar-refractivity contribution in [1.82, 2.24) is 19.1 Å². The summed E-state index contributed by atoms with van der Waals surface area (Å²) < 4.78 is 49.0. The zero-order chi connectivity index (χ0) is 45.9. The second-order valence-electron chi connectivity index (χ2n) is 16.8. The molecule has 0 spiro atoms. The van der Waals surface area contributed by atoms with Crippen LogP contribution in [0.25, 0.3) is 111 Å². The largest absolute Gasteiger partial charge is 0.417 e. The van der Waals surface area contributed by atoms with Gasteiger partial charge in [0, 0.05) is 43.8 Å². The first kappa shape index (κ1) is 40.4. The van der Waals surface area contributed by atoms with E-state index in [9.17, 15) is 18.4 Å². The van der Waals surface area contributed by atoms with Crippen molar-refractivity contribution in [2.75, 3.05) is 0 Å². The van der Waals surface area contributed by atoms with E-state index in [1.807, 2.05) is 179 Å². The molecule has 12 rings (SSSR count). The summed E-state index contributed by atoms with van der Waals surface area (Å²) in [6, 6.07) is 71.8. The summed E-state index contributed by atoms with van der Waals surface area (Å²) in [5, 5.41) is 15.1. The molecule has 5 nitrogen and oxygen atoms in total. The van der Waals surface area contributed by atoms with E-state index >= 15 is 0 Å². The third-order valence-corrected chi connectivity index (χ3v) is 12.8. The molecule has 0 saturated heterocycles. The number of nitrogens with zero attached hydrogens (tertiary/aromatic N) is 5. The molecule has 0 fully saturated rings. The molecule has 8 heteroatoms. The van der Waals surface area contributed by atoms with Crippen LogP contribution < -0.4 is 0 Å². The summed E-state index contributed by atoms with van der Waals surface area (Å²) in [5.41, 5.74) is 11.0. The number of aromatic nitrogens is 4. The zero-order valence-electron chi connectivity index (χ0n) is 36.2.